The molecular weight excluding hydrogens is 162 g/mol. The summed E-state index contributed by atoms with van der Waals surface area (Å²) in [4.78, 5) is 0. The Hall–Kier alpha value is -0.0800. The maximum atomic E-state index is 5.27. The van der Waals surface area contributed by atoms with Crippen LogP contribution in [0.4, 0.5) is 0 Å². The summed E-state index contributed by atoms with van der Waals surface area (Å²) in [5.41, 5.74) is 0.631. The van der Waals surface area contributed by atoms with Crippen molar-refractivity contribution in [2.45, 2.75) is 33.6 Å². The number of hydrogen-bond acceptors (Lipinski definition) is 2. The van der Waals surface area contributed by atoms with Crippen LogP contribution < -0.4 is 5.32 Å². The number of ether oxygens (including phenoxy) is 1. The maximum absolute atomic E-state index is 5.27. The molecule has 0 heterocycles. The summed E-state index contributed by atoms with van der Waals surface area (Å²) >= 11 is 0. The number of hydrogen-bond donors (Lipinski definition) is 1. The van der Waals surface area contributed by atoms with Gasteiger partial charge in [0.25, 0.3) is 0 Å². The predicted octanol–water partition coefficient (Wildman–Crippen LogP) is 2.05. The topological polar surface area (TPSA) is 21.3 Å². The molecule has 1 fully saturated rings. The SMILES string of the molecule is CCOCCNCC1(C(C)C)CC1. The molecule has 0 aromatic heterocycles. The highest BCUT2D eigenvalue weighted by atomic mass is 16.5. The third-order valence-corrected chi connectivity index (χ3v) is 3.22. The van der Waals surface area contributed by atoms with Gasteiger partial charge in [-0.1, -0.05) is 13.8 Å². The summed E-state index contributed by atoms with van der Waals surface area (Å²) in [7, 11) is 0. The van der Waals surface area contributed by atoms with Crippen molar-refractivity contribution in [1.29, 1.82) is 0 Å². The molecule has 0 amide bonds. The first-order valence-electron chi connectivity index (χ1n) is 5.50. The van der Waals surface area contributed by atoms with E-state index in [0.717, 1.165) is 25.7 Å². The van der Waals surface area contributed by atoms with Gasteiger partial charge in [-0.3, -0.25) is 0 Å². The largest absolute Gasteiger partial charge is 0.380 e. The minimum atomic E-state index is 0.631. The minimum absolute atomic E-state index is 0.631. The van der Waals surface area contributed by atoms with Crippen LogP contribution in [-0.4, -0.2) is 26.3 Å². The van der Waals surface area contributed by atoms with Gasteiger partial charge in [-0.25, -0.2) is 0 Å². The van der Waals surface area contributed by atoms with E-state index in [1.807, 2.05) is 6.92 Å². The normalized spacial score (nSPS) is 19.4. The van der Waals surface area contributed by atoms with Crippen molar-refractivity contribution in [3.63, 3.8) is 0 Å². The van der Waals surface area contributed by atoms with E-state index in [-0.39, 0.29) is 0 Å². The minimum Gasteiger partial charge on any atom is -0.380 e. The van der Waals surface area contributed by atoms with E-state index in [0.29, 0.717) is 5.41 Å². The van der Waals surface area contributed by atoms with Crippen molar-refractivity contribution in [1.82, 2.24) is 5.32 Å². The van der Waals surface area contributed by atoms with Gasteiger partial charge in [0.15, 0.2) is 0 Å². The molecule has 78 valence electrons. The highest BCUT2D eigenvalue weighted by Crippen LogP contribution is 2.51. The van der Waals surface area contributed by atoms with Gasteiger partial charge in [-0.15, -0.1) is 0 Å². The molecule has 0 atom stereocenters. The van der Waals surface area contributed by atoms with Crippen molar-refractivity contribution in [3.8, 4) is 0 Å². The fourth-order valence-electron chi connectivity index (χ4n) is 1.74. The first-order valence-corrected chi connectivity index (χ1v) is 5.50. The van der Waals surface area contributed by atoms with Crippen molar-refractivity contribution in [2.24, 2.45) is 11.3 Å². The zero-order chi connectivity index (χ0) is 9.73. The summed E-state index contributed by atoms with van der Waals surface area (Å²) < 4.78 is 5.27. The van der Waals surface area contributed by atoms with Gasteiger partial charge in [-0.2, -0.15) is 0 Å². The molecule has 2 heteroatoms. The van der Waals surface area contributed by atoms with Gasteiger partial charge in [0.1, 0.15) is 0 Å². The number of nitrogens with one attached hydrogen (secondary N) is 1. The van der Waals surface area contributed by atoms with Gasteiger partial charge in [0.05, 0.1) is 6.61 Å². The predicted molar refractivity (Wildman–Crippen MR) is 55.9 cm³/mol. The Kier molecular flexibility index (Phi) is 4.20. The standard InChI is InChI=1S/C11H23NO/c1-4-13-8-7-12-9-11(5-6-11)10(2)3/h10,12H,4-9H2,1-3H3. The molecule has 0 spiro atoms. The second-order valence-corrected chi connectivity index (χ2v) is 4.39. The van der Waals surface area contributed by atoms with Gasteiger partial charge in [0, 0.05) is 19.7 Å². The molecule has 0 aromatic rings. The van der Waals surface area contributed by atoms with Gasteiger partial charge in [0.2, 0.25) is 0 Å². The molecular formula is C11H23NO. The Morgan fingerprint density at radius 1 is 1.38 bits per heavy atom. The zero-order valence-corrected chi connectivity index (χ0v) is 9.23. The van der Waals surface area contributed by atoms with E-state index < -0.39 is 0 Å². The van der Waals surface area contributed by atoms with Crippen LogP contribution in [0.15, 0.2) is 0 Å². The lowest BCUT2D eigenvalue weighted by Gasteiger charge is -2.19. The first-order chi connectivity index (χ1) is 6.21. The van der Waals surface area contributed by atoms with Crippen molar-refractivity contribution >= 4 is 0 Å². The third kappa shape index (κ3) is 3.28. The van der Waals surface area contributed by atoms with E-state index in [9.17, 15) is 0 Å². The van der Waals surface area contributed by atoms with Crippen molar-refractivity contribution in [2.75, 3.05) is 26.3 Å². The Bertz CT molecular complexity index is 141. The fourth-order valence-corrected chi connectivity index (χ4v) is 1.74. The van der Waals surface area contributed by atoms with Crippen LogP contribution in [0.2, 0.25) is 0 Å². The quantitative estimate of drug-likeness (QED) is 0.613. The molecule has 1 N–H and O–H groups in total. The molecule has 0 aromatic carbocycles. The second kappa shape index (κ2) is 4.97. The van der Waals surface area contributed by atoms with E-state index in [4.69, 9.17) is 4.74 Å². The Morgan fingerprint density at radius 3 is 2.54 bits per heavy atom. The second-order valence-electron chi connectivity index (χ2n) is 4.39. The van der Waals surface area contributed by atoms with Crippen molar-refractivity contribution in [3.05, 3.63) is 0 Å². The summed E-state index contributed by atoms with van der Waals surface area (Å²) in [6.07, 6.45) is 2.82. The lowest BCUT2D eigenvalue weighted by atomic mass is 9.92. The Labute approximate surface area is 82.0 Å². The molecule has 1 aliphatic rings. The lowest BCUT2D eigenvalue weighted by molar-refractivity contribution is 0.147. The van der Waals surface area contributed by atoms with Crippen LogP contribution in [0.1, 0.15) is 33.6 Å². The molecule has 0 bridgehead atoms. The van der Waals surface area contributed by atoms with Crippen molar-refractivity contribution < 1.29 is 4.74 Å². The van der Waals surface area contributed by atoms with E-state index in [2.05, 4.69) is 19.2 Å². The maximum Gasteiger partial charge on any atom is 0.0590 e. The summed E-state index contributed by atoms with van der Waals surface area (Å²) in [5.74, 6) is 0.826. The molecule has 1 saturated carbocycles. The summed E-state index contributed by atoms with van der Waals surface area (Å²) in [5, 5.41) is 3.48. The molecule has 0 aliphatic heterocycles. The fraction of sp³-hybridized carbons (Fsp3) is 1.00. The van der Waals surface area contributed by atoms with Crippen LogP contribution in [-0.2, 0) is 4.74 Å². The zero-order valence-electron chi connectivity index (χ0n) is 9.23. The highest BCUT2D eigenvalue weighted by Gasteiger charge is 2.44. The molecule has 1 aliphatic carbocycles. The van der Waals surface area contributed by atoms with E-state index in [1.54, 1.807) is 0 Å². The number of rotatable bonds is 7. The molecule has 2 nitrogen and oxygen atoms in total. The molecule has 0 unspecified atom stereocenters. The summed E-state index contributed by atoms with van der Waals surface area (Å²) in [6, 6.07) is 0. The Morgan fingerprint density at radius 2 is 2.08 bits per heavy atom. The molecule has 1 rings (SSSR count). The highest BCUT2D eigenvalue weighted by molar-refractivity contribution is 4.96. The monoisotopic (exact) mass is 185 g/mol. The molecule has 13 heavy (non-hydrogen) atoms. The smallest absolute Gasteiger partial charge is 0.0590 e. The van der Waals surface area contributed by atoms with E-state index >= 15 is 0 Å². The van der Waals surface area contributed by atoms with Gasteiger partial charge in [-0.05, 0) is 31.1 Å². The van der Waals surface area contributed by atoms with Crippen LogP contribution in [0.5, 0.6) is 0 Å². The average Bonchev–Trinajstić information content (AvgIpc) is 2.85. The lowest BCUT2D eigenvalue weighted by Crippen LogP contribution is -2.30. The average molecular weight is 185 g/mol. The van der Waals surface area contributed by atoms with Gasteiger partial charge < -0.3 is 10.1 Å². The van der Waals surface area contributed by atoms with Crippen LogP contribution >= 0.6 is 0 Å². The summed E-state index contributed by atoms with van der Waals surface area (Å²) in [6.45, 7) is 10.6. The van der Waals surface area contributed by atoms with Crippen LogP contribution in [0.25, 0.3) is 0 Å². The van der Waals surface area contributed by atoms with Crippen LogP contribution in [0, 0.1) is 11.3 Å². The molecule has 0 saturated heterocycles. The Balaban J connectivity index is 1.99. The molecule has 0 radical (unpaired) electrons. The van der Waals surface area contributed by atoms with Gasteiger partial charge >= 0.3 is 0 Å². The third-order valence-electron chi connectivity index (χ3n) is 3.22. The van der Waals surface area contributed by atoms with Crippen LogP contribution in [0.3, 0.4) is 0 Å². The van der Waals surface area contributed by atoms with E-state index in [1.165, 1.54) is 19.4 Å². The first kappa shape index (κ1) is 11.0.